The Labute approximate surface area is 118 Å². The third kappa shape index (κ3) is 4.05. The zero-order valence-electron chi connectivity index (χ0n) is 12.4. The summed E-state index contributed by atoms with van der Waals surface area (Å²) in [7, 11) is 0. The van der Waals surface area contributed by atoms with Crippen molar-refractivity contribution in [2.24, 2.45) is 11.7 Å². The first-order valence-electron chi connectivity index (χ1n) is 7.70. The Morgan fingerprint density at radius 1 is 1.26 bits per heavy atom. The molecule has 1 aromatic rings. The van der Waals surface area contributed by atoms with Gasteiger partial charge in [0.25, 0.3) is 0 Å². The van der Waals surface area contributed by atoms with Crippen LogP contribution in [0.3, 0.4) is 0 Å². The van der Waals surface area contributed by atoms with Crippen LogP contribution in [0.15, 0.2) is 30.3 Å². The van der Waals surface area contributed by atoms with Gasteiger partial charge >= 0.3 is 0 Å². The molecule has 0 aliphatic carbocycles. The molecule has 2 heteroatoms. The molecule has 1 fully saturated rings. The standard InChI is InChI=1S/C17H28N2/c1-14(8-10-16-6-4-3-5-7-16)19-13-17(12-18)11-9-15(19)2/h3-7,14-15,17H,8-13,18H2,1-2H3. The molecule has 0 spiro atoms. The van der Waals surface area contributed by atoms with Crippen LogP contribution in [0, 0.1) is 5.92 Å². The molecule has 1 heterocycles. The van der Waals surface area contributed by atoms with E-state index in [4.69, 9.17) is 5.73 Å². The number of likely N-dealkylation sites (tertiary alicyclic amines) is 1. The lowest BCUT2D eigenvalue weighted by Gasteiger charge is -2.41. The van der Waals surface area contributed by atoms with Crippen molar-refractivity contribution in [3.8, 4) is 0 Å². The highest BCUT2D eigenvalue weighted by molar-refractivity contribution is 5.14. The minimum atomic E-state index is 0.657. The summed E-state index contributed by atoms with van der Waals surface area (Å²) in [5.74, 6) is 0.704. The third-order valence-corrected chi connectivity index (χ3v) is 4.62. The zero-order valence-corrected chi connectivity index (χ0v) is 12.4. The van der Waals surface area contributed by atoms with E-state index in [-0.39, 0.29) is 0 Å². The van der Waals surface area contributed by atoms with Gasteiger partial charge in [-0.15, -0.1) is 0 Å². The molecule has 2 N–H and O–H groups in total. The molecule has 2 nitrogen and oxygen atoms in total. The predicted molar refractivity (Wildman–Crippen MR) is 82.2 cm³/mol. The van der Waals surface area contributed by atoms with Gasteiger partial charge in [0.15, 0.2) is 0 Å². The number of piperidine rings is 1. The topological polar surface area (TPSA) is 29.3 Å². The van der Waals surface area contributed by atoms with Crippen LogP contribution in [0.1, 0.15) is 38.7 Å². The Morgan fingerprint density at radius 2 is 2.00 bits per heavy atom. The number of aryl methyl sites for hydroxylation is 1. The molecule has 3 atom stereocenters. The van der Waals surface area contributed by atoms with Crippen molar-refractivity contribution >= 4 is 0 Å². The Morgan fingerprint density at radius 3 is 2.68 bits per heavy atom. The molecule has 0 saturated carbocycles. The van der Waals surface area contributed by atoms with Gasteiger partial charge in [0, 0.05) is 18.6 Å². The smallest absolute Gasteiger partial charge is 0.00730 e. The van der Waals surface area contributed by atoms with Crippen LogP contribution in [0.2, 0.25) is 0 Å². The molecule has 106 valence electrons. The molecule has 0 radical (unpaired) electrons. The van der Waals surface area contributed by atoms with Gasteiger partial charge in [-0.25, -0.2) is 0 Å². The predicted octanol–water partition coefficient (Wildman–Crippen LogP) is 3.07. The van der Waals surface area contributed by atoms with Crippen molar-refractivity contribution in [1.29, 1.82) is 0 Å². The highest BCUT2D eigenvalue weighted by atomic mass is 15.2. The summed E-state index contributed by atoms with van der Waals surface area (Å²) in [6.45, 7) is 6.77. The molecular weight excluding hydrogens is 232 g/mol. The zero-order chi connectivity index (χ0) is 13.7. The second kappa shape index (κ2) is 7.06. The normalized spacial score (nSPS) is 26.3. The average Bonchev–Trinajstić information content (AvgIpc) is 2.46. The molecule has 2 rings (SSSR count). The fraction of sp³-hybridized carbons (Fsp3) is 0.647. The number of benzene rings is 1. The SMILES string of the molecule is CC(CCc1ccccc1)N1CC(CN)CCC1C. The molecule has 3 unspecified atom stereocenters. The second-order valence-corrected chi connectivity index (χ2v) is 6.10. The molecule has 1 aliphatic heterocycles. The molecule has 0 bridgehead atoms. The van der Waals surface area contributed by atoms with E-state index in [9.17, 15) is 0 Å². The minimum Gasteiger partial charge on any atom is -0.330 e. The molecule has 1 aliphatic rings. The summed E-state index contributed by atoms with van der Waals surface area (Å²) >= 11 is 0. The molecule has 0 aromatic heterocycles. The molecular formula is C17H28N2. The van der Waals surface area contributed by atoms with Crippen LogP contribution < -0.4 is 5.73 Å². The molecule has 19 heavy (non-hydrogen) atoms. The lowest BCUT2D eigenvalue weighted by atomic mass is 9.91. The van der Waals surface area contributed by atoms with Crippen LogP contribution >= 0.6 is 0 Å². The summed E-state index contributed by atoms with van der Waals surface area (Å²) in [5, 5.41) is 0. The van der Waals surface area contributed by atoms with Crippen LogP contribution in [0.5, 0.6) is 0 Å². The van der Waals surface area contributed by atoms with E-state index >= 15 is 0 Å². The van der Waals surface area contributed by atoms with Crippen molar-refractivity contribution in [2.45, 2.75) is 51.6 Å². The Bertz CT molecular complexity index is 363. The van der Waals surface area contributed by atoms with Crippen molar-refractivity contribution < 1.29 is 0 Å². The Hall–Kier alpha value is -0.860. The summed E-state index contributed by atoms with van der Waals surface area (Å²) in [5.41, 5.74) is 7.30. The highest BCUT2D eigenvalue weighted by Gasteiger charge is 2.27. The maximum Gasteiger partial charge on any atom is 0.00730 e. The van der Waals surface area contributed by atoms with E-state index in [2.05, 4.69) is 49.1 Å². The number of hydrogen-bond donors (Lipinski definition) is 1. The summed E-state index contributed by atoms with van der Waals surface area (Å²) in [6.07, 6.45) is 5.03. The van der Waals surface area contributed by atoms with Crippen molar-refractivity contribution in [3.05, 3.63) is 35.9 Å². The number of nitrogens with two attached hydrogens (primary N) is 1. The maximum atomic E-state index is 5.85. The van der Waals surface area contributed by atoms with Crippen LogP contribution in [0.25, 0.3) is 0 Å². The van der Waals surface area contributed by atoms with Crippen molar-refractivity contribution in [2.75, 3.05) is 13.1 Å². The van der Waals surface area contributed by atoms with Crippen LogP contribution in [-0.4, -0.2) is 30.1 Å². The molecule has 1 saturated heterocycles. The first-order chi connectivity index (χ1) is 9.20. The fourth-order valence-corrected chi connectivity index (χ4v) is 3.20. The van der Waals surface area contributed by atoms with E-state index in [1.807, 2.05) is 0 Å². The second-order valence-electron chi connectivity index (χ2n) is 6.10. The van der Waals surface area contributed by atoms with Gasteiger partial charge in [-0.05, 0) is 57.6 Å². The fourth-order valence-electron chi connectivity index (χ4n) is 3.20. The largest absolute Gasteiger partial charge is 0.330 e. The van der Waals surface area contributed by atoms with E-state index in [0.717, 1.165) is 6.54 Å². The van der Waals surface area contributed by atoms with E-state index in [0.29, 0.717) is 18.0 Å². The van der Waals surface area contributed by atoms with Gasteiger partial charge in [0.2, 0.25) is 0 Å². The van der Waals surface area contributed by atoms with Gasteiger partial charge in [0.1, 0.15) is 0 Å². The van der Waals surface area contributed by atoms with Gasteiger partial charge in [-0.1, -0.05) is 30.3 Å². The van der Waals surface area contributed by atoms with Crippen LogP contribution in [-0.2, 0) is 6.42 Å². The molecule has 1 aromatic carbocycles. The first kappa shape index (κ1) is 14.5. The van der Waals surface area contributed by atoms with Gasteiger partial charge in [-0.3, -0.25) is 4.90 Å². The summed E-state index contributed by atoms with van der Waals surface area (Å²) in [4.78, 5) is 2.67. The number of hydrogen-bond acceptors (Lipinski definition) is 2. The first-order valence-corrected chi connectivity index (χ1v) is 7.70. The van der Waals surface area contributed by atoms with Crippen LogP contribution in [0.4, 0.5) is 0 Å². The number of nitrogens with zero attached hydrogens (tertiary/aromatic N) is 1. The van der Waals surface area contributed by atoms with E-state index in [1.165, 1.54) is 37.8 Å². The quantitative estimate of drug-likeness (QED) is 0.881. The maximum absolute atomic E-state index is 5.85. The highest BCUT2D eigenvalue weighted by Crippen LogP contribution is 2.24. The van der Waals surface area contributed by atoms with Gasteiger partial charge < -0.3 is 5.73 Å². The van der Waals surface area contributed by atoms with Gasteiger partial charge in [-0.2, -0.15) is 0 Å². The summed E-state index contributed by atoms with van der Waals surface area (Å²) < 4.78 is 0. The Balaban J connectivity index is 1.86. The van der Waals surface area contributed by atoms with E-state index < -0.39 is 0 Å². The third-order valence-electron chi connectivity index (χ3n) is 4.62. The van der Waals surface area contributed by atoms with Gasteiger partial charge in [0.05, 0.1) is 0 Å². The Kier molecular flexibility index (Phi) is 5.41. The average molecular weight is 260 g/mol. The van der Waals surface area contributed by atoms with Crippen molar-refractivity contribution in [3.63, 3.8) is 0 Å². The minimum absolute atomic E-state index is 0.657. The monoisotopic (exact) mass is 260 g/mol. The summed E-state index contributed by atoms with van der Waals surface area (Å²) in [6, 6.07) is 12.2. The molecule has 0 amide bonds. The number of rotatable bonds is 5. The van der Waals surface area contributed by atoms with Crippen molar-refractivity contribution in [1.82, 2.24) is 4.90 Å². The lowest BCUT2D eigenvalue weighted by molar-refractivity contribution is 0.0776. The van der Waals surface area contributed by atoms with E-state index in [1.54, 1.807) is 0 Å². The lowest BCUT2D eigenvalue weighted by Crippen LogP contribution is -2.48.